The highest BCUT2D eigenvalue weighted by Crippen LogP contribution is 2.14. The largest absolute Gasteiger partial charge is 0.334 e. The van der Waals surface area contributed by atoms with E-state index in [4.69, 9.17) is 0 Å². The first-order chi connectivity index (χ1) is 9.16. The molecule has 3 heteroatoms. The predicted octanol–water partition coefficient (Wildman–Crippen LogP) is 3.34. The summed E-state index contributed by atoms with van der Waals surface area (Å²) >= 11 is 0. The standard InChI is InChI=1S/C16H18N2O/c1-13-7-6-10-15(11-13)18(2)16(19)17-12-14-8-4-3-5-9-14/h3-11H,12H2,1-2H3,(H,17,19). The lowest BCUT2D eigenvalue weighted by atomic mass is 10.2. The molecule has 0 aliphatic rings. The van der Waals surface area contributed by atoms with E-state index in [1.54, 1.807) is 11.9 Å². The van der Waals surface area contributed by atoms with Crippen molar-refractivity contribution in [1.82, 2.24) is 5.32 Å². The zero-order chi connectivity index (χ0) is 13.7. The van der Waals surface area contributed by atoms with E-state index in [9.17, 15) is 4.79 Å². The van der Waals surface area contributed by atoms with Crippen LogP contribution >= 0.6 is 0 Å². The average molecular weight is 254 g/mol. The van der Waals surface area contributed by atoms with E-state index < -0.39 is 0 Å². The normalized spacial score (nSPS) is 10.0. The van der Waals surface area contributed by atoms with Crippen LogP contribution in [0.4, 0.5) is 10.5 Å². The zero-order valence-corrected chi connectivity index (χ0v) is 11.3. The van der Waals surface area contributed by atoms with Crippen molar-refractivity contribution in [3.8, 4) is 0 Å². The number of hydrogen-bond donors (Lipinski definition) is 1. The molecule has 0 radical (unpaired) electrons. The Labute approximate surface area is 113 Å². The maximum Gasteiger partial charge on any atom is 0.321 e. The minimum Gasteiger partial charge on any atom is -0.334 e. The Morgan fingerprint density at radius 3 is 2.53 bits per heavy atom. The third-order valence-corrected chi connectivity index (χ3v) is 2.98. The van der Waals surface area contributed by atoms with Gasteiger partial charge in [-0.05, 0) is 30.2 Å². The number of rotatable bonds is 3. The molecule has 0 saturated carbocycles. The van der Waals surface area contributed by atoms with Crippen LogP contribution in [0.25, 0.3) is 0 Å². The molecule has 2 amide bonds. The minimum atomic E-state index is -0.102. The van der Waals surface area contributed by atoms with E-state index in [0.717, 1.165) is 16.8 Å². The molecular weight excluding hydrogens is 236 g/mol. The predicted molar refractivity (Wildman–Crippen MR) is 78.3 cm³/mol. The van der Waals surface area contributed by atoms with Crippen LogP contribution < -0.4 is 10.2 Å². The summed E-state index contributed by atoms with van der Waals surface area (Å²) < 4.78 is 0. The molecule has 0 atom stereocenters. The van der Waals surface area contributed by atoms with Crippen LogP contribution in [0.2, 0.25) is 0 Å². The van der Waals surface area contributed by atoms with Gasteiger partial charge in [0.1, 0.15) is 0 Å². The molecule has 0 aliphatic heterocycles. The quantitative estimate of drug-likeness (QED) is 0.895. The highest BCUT2D eigenvalue weighted by molar-refractivity contribution is 5.91. The SMILES string of the molecule is Cc1cccc(N(C)C(=O)NCc2ccccc2)c1. The third kappa shape index (κ3) is 3.58. The smallest absolute Gasteiger partial charge is 0.321 e. The number of anilines is 1. The Balaban J connectivity index is 1.96. The van der Waals surface area contributed by atoms with E-state index in [1.807, 2.05) is 61.5 Å². The molecule has 0 aromatic heterocycles. The van der Waals surface area contributed by atoms with Gasteiger partial charge in [-0.1, -0.05) is 42.5 Å². The van der Waals surface area contributed by atoms with Gasteiger partial charge in [0.15, 0.2) is 0 Å². The second kappa shape index (κ2) is 6.05. The number of urea groups is 1. The Morgan fingerprint density at radius 2 is 1.84 bits per heavy atom. The van der Waals surface area contributed by atoms with Gasteiger partial charge in [-0.15, -0.1) is 0 Å². The van der Waals surface area contributed by atoms with Gasteiger partial charge < -0.3 is 5.32 Å². The maximum atomic E-state index is 12.0. The Morgan fingerprint density at radius 1 is 1.11 bits per heavy atom. The van der Waals surface area contributed by atoms with Gasteiger partial charge in [-0.25, -0.2) is 4.79 Å². The topological polar surface area (TPSA) is 32.3 Å². The molecule has 2 rings (SSSR count). The first kappa shape index (κ1) is 13.1. The number of benzene rings is 2. The first-order valence-corrected chi connectivity index (χ1v) is 6.29. The molecule has 3 nitrogen and oxygen atoms in total. The minimum absolute atomic E-state index is 0.102. The molecule has 19 heavy (non-hydrogen) atoms. The van der Waals surface area contributed by atoms with Crippen molar-refractivity contribution < 1.29 is 4.79 Å². The molecular formula is C16H18N2O. The highest BCUT2D eigenvalue weighted by atomic mass is 16.2. The lowest BCUT2D eigenvalue weighted by molar-refractivity contribution is 0.247. The zero-order valence-electron chi connectivity index (χ0n) is 11.3. The Kier molecular flexibility index (Phi) is 4.18. The number of amides is 2. The van der Waals surface area contributed by atoms with E-state index in [1.165, 1.54) is 0 Å². The number of carbonyl (C=O) groups excluding carboxylic acids is 1. The Bertz CT molecular complexity index is 552. The summed E-state index contributed by atoms with van der Waals surface area (Å²) in [5.41, 5.74) is 3.12. The van der Waals surface area contributed by atoms with Crippen molar-refractivity contribution in [3.63, 3.8) is 0 Å². The molecule has 0 heterocycles. The average Bonchev–Trinajstić information content (AvgIpc) is 2.45. The summed E-state index contributed by atoms with van der Waals surface area (Å²) in [6, 6.07) is 17.7. The van der Waals surface area contributed by atoms with Gasteiger partial charge in [0.25, 0.3) is 0 Å². The van der Waals surface area contributed by atoms with Crippen LogP contribution in [0.5, 0.6) is 0 Å². The Hall–Kier alpha value is -2.29. The summed E-state index contributed by atoms with van der Waals surface area (Å²) in [5, 5.41) is 2.90. The maximum absolute atomic E-state index is 12.0. The van der Waals surface area contributed by atoms with Gasteiger partial charge in [0.05, 0.1) is 0 Å². The van der Waals surface area contributed by atoms with Gasteiger partial charge in [0.2, 0.25) is 0 Å². The fraction of sp³-hybridized carbons (Fsp3) is 0.188. The summed E-state index contributed by atoms with van der Waals surface area (Å²) in [6.45, 7) is 2.55. The van der Waals surface area contributed by atoms with Gasteiger partial charge in [0, 0.05) is 19.3 Å². The van der Waals surface area contributed by atoms with Gasteiger partial charge >= 0.3 is 6.03 Å². The molecule has 2 aromatic rings. The second-order valence-electron chi connectivity index (χ2n) is 4.54. The summed E-state index contributed by atoms with van der Waals surface area (Å²) in [7, 11) is 1.77. The molecule has 0 fully saturated rings. The van der Waals surface area contributed by atoms with Crippen molar-refractivity contribution in [2.24, 2.45) is 0 Å². The molecule has 0 unspecified atom stereocenters. The lowest BCUT2D eigenvalue weighted by Crippen LogP contribution is -2.36. The van der Waals surface area contributed by atoms with Gasteiger partial charge in [-0.2, -0.15) is 0 Å². The molecule has 0 saturated heterocycles. The molecule has 0 spiro atoms. The summed E-state index contributed by atoms with van der Waals surface area (Å²) in [4.78, 5) is 13.7. The number of hydrogen-bond acceptors (Lipinski definition) is 1. The van der Waals surface area contributed by atoms with E-state index in [2.05, 4.69) is 5.32 Å². The van der Waals surface area contributed by atoms with Crippen LogP contribution in [0.1, 0.15) is 11.1 Å². The molecule has 98 valence electrons. The van der Waals surface area contributed by atoms with Gasteiger partial charge in [-0.3, -0.25) is 4.90 Å². The highest BCUT2D eigenvalue weighted by Gasteiger charge is 2.09. The van der Waals surface area contributed by atoms with Crippen molar-refractivity contribution in [1.29, 1.82) is 0 Å². The monoisotopic (exact) mass is 254 g/mol. The van der Waals surface area contributed by atoms with Crippen LogP contribution in [0.15, 0.2) is 54.6 Å². The van der Waals surface area contributed by atoms with Crippen molar-refractivity contribution in [3.05, 3.63) is 65.7 Å². The van der Waals surface area contributed by atoms with Crippen molar-refractivity contribution in [2.45, 2.75) is 13.5 Å². The van der Waals surface area contributed by atoms with Crippen molar-refractivity contribution in [2.75, 3.05) is 11.9 Å². The molecule has 1 N–H and O–H groups in total. The van der Waals surface area contributed by atoms with Crippen LogP contribution in [0.3, 0.4) is 0 Å². The van der Waals surface area contributed by atoms with Crippen LogP contribution in [0, 0.1) is 6.92 Å². The molecule has 0 bridgehead atoms. The third-order valence-electron chi connectivity index (χ3n) is 2.98. The fourth-order valence-electron chi connectivity index (χ4n) is 1.85. The number of aryl methyl sites for hydroxylation is 1. The number of nitrogens with one attached hydrogen (secondary N) is 1. The van der Waals surface area contributed by atoms with Crippen LogP contribution in [-0.4, -0.2) is 13.1 Å². The molecule has 2 aromatic carbocycles. The fourth-order valence-corrected chi connectivity index (χ4v) is 1.85. The summed E-state index contributed by atoms with van der Waals surface area (Å²) in [6.07, 6.45) is 0. The van der Waals surface area contributed by atoms with E-state index in [0.29, 0.717) is 6.54 Å². The van der Waals surface area contributed by atoms with E-state index >= 15 is 0 Å². The number of carbonyl (C=O) groups is 1. The van der Waals surface area contributed by atoms with Crippen molar-refractivity contribution >= 4 is 11.7 Å². The van der Waals surface area contributed by atoms with Crippen LogP contribution in [-0.2, 0) is 6.54 Å². The van der Waals surface area contributed by atoms with E-state index in [-0.39, 0.29) is 6.03 Å². The molecule has 0 aliphatic carbocycles. The number of nitrogens with zero attached hydrogens (tertiary/aromatic N) is 1. The summed E-state index contributed by atoms with van der Waals surface area (Å²) in [5.74, 6) is 0. The first-order valence-electron chi connectivity index (χ1n) is 6.29. The second-order valence-corrected chi connectivity index (χ2v) is 4.54. The lowest BCUT2D eigenvalue weighted by Gasteiger charge is -2.18.